The van der Waals surface area contributed by atoms with Gasteiger partial charge >= 0.3 is 0 Å². The van der Waals surface area contributed by atoms with Gasteiger partial charge in [-0.3, -0.25) is 5.41 Å². The molecular weight excluding hydrogens is 348 g/mol. The highest BCUT2D eigenvalue weighted by molar-refractivity contribution is 5.89. The van der Waals surface area contributed by atoms with Crippen molar-refractivity contribution >= 4 is 5.90 Å². The van der Waals surface area contributed by atoms with Crippen LogP contribution < -0.4 is 9.47 Å². The number of rotatable bonds is 3. The van der Waals surface area contributed by atoms with E-state index in [0.29, 0.717) is 17.1 Å². The summed E-state index contributed by atoms with van der Waals surface area (Å²) >= 11 is 0. The molecule has 0 amide bonds. The van der Waals surface area contributed by atoms with Crippen LogP contribution in [0.1, 0.15) is 25.5 Å². The number of fused-ring (bicyclic) bond motifs is 3. The van der Waals surface area contributed by atoms with Crippen molar-refractivity contribution in [2.45, 2.75) is 25.7 Å². The minimum absolute atomic E-state index is 0.306. The summed E-state index contributed by atoms with van der Waals surface area (Å²) in [6.07, 6.45) is -1.13. The molecule has 1 N–H and O–H groups in total. The minimum Gasteiger partial charge on any atom is -0.493 e. The number of hydrogen-bond acceptors (Lipinski definition) is 8. The summed E-state index contributed by atoms with van der Waals surface area (Å²) in [7, 11) is 2.91. The number of hydrogen-bond donors (Lipinski definition) is 1. The molecule has 3 aliphatic rings. The highest BCUT2D eigenvalue weighted by Crippen LogP contribution is 2.67. The van der Waals surface area contributed by atoms with Crippen molar-refractivity contribution in [2.24, 2.45) is 16.7 Å². The number of benzene rings is 1. The Labute approximate surface area is 156 Å². The van der Waals surface area contributed by atoms with E-state index in [1.54, 1.807) is 32.0 Å². The summed E-state index contributed by atoms with van der Waals surface area (Å²) in [6, 6.07) is 11.0. The summed E-state index contributed by atoms with van der Waals surface area (Å²) in [5, 5.41) is 38.5. The van der Waals surface area contributed by atoms with Crippen LogP contribution in [0, 0.1) is 56.2 Å². The van der Waals surface area contributed by atoms with E-state index in [1.807, 2.05) is 18.2 Å². The molecule has 0 unspecified atom stereocenters. The van der Waals surface area contributed by atoms with Crippen LogP contribution in [0.4, 0.5) is 0 Å². The maximum Gasteiger partial charge on any atom is 0.215 e. The number of methoxy groups -OCH3 is 2. The van der Waals surface area contributed by atoms with Crippen LogP contribution in [0.5, 0.6) is 11.5 Å². The van der Waals surface area contributed by atoms with E-state index in [4.69, 9.17) is 24.4 Å². The third-order valence-corrected chi connectivity index (χ3v) is 5.71. The van der Waals surface area contributed by atoms with E-state index in [2.05, 4.69) is 0 Å². The van der Waals surface area contributed by atoms with Crippen molar-refractivity contribution in [3.8, 4) is 29.7 Å². The Morgan fingerprint density at radius 2 is 1.78 bits per heavy atom. The highest BCUT2D eigenvalue weighted by atomic mass is 16.7. The molecule has 0 radical (unpaired) electrons. The zero-order valence-electron chi connectivity index (χ0n) is 15.4. The van der Waals surface area contributed by atoms with Gasteiger partial charge < -0.3 is 18.9 Å². The second-order valence-electron chi connectivity index (χ2n) is 6.70. The fourth-order valence-corrected chi connectivity index (χ4v) is 4.07. The molecule has 138 valence electrons. The van der Waals surface area contributed by atoms with Crippen LogP contribution >= 0.6 is 0 Å². The lowest BCUT2D eigenvalue weighted by Crippen LogP contribution is -2.71. The quantitative estimate of drug-likeness (QED) is 0.869. The Balaban J connectivity index is 2.38. The average Bonchev–Trinajstić information content (AvgIpc) is 2.68. The van der Waals surface area contributed by atoms with Crippen LogP contribution in [0.3, 0.4) is 0 Å². The van der Waals surface area contributed by atoms with Crippen molar-refractivity contribution in [1.82, 2.24) is 0 Å². The van der Waals surface area contributed by atoms with Crippen molar-refractivity contribution in [1.29, 1.82) is 21.2 Å². The fourth-order valence-electron chi connectivity index (χ4n) is 4.07. The van der Waals surface area contributed by atoms with E-state index >= 15 is 0 Å². The number of nitrogens with one attached hydrogen (secondary N) is 1. The predicted molar refractivity (Wildman–Crippen MR) is 91.5 cm³/mol. The number of nitriles is 3. The maximum atomic E-state index is 10.1. The van der Waals surface area contributed by atoms with Gasteiger partial charge in [0.15, 0.2) is 22.3 Å². The lowest BCUT2D eigenvalue weighted by molar-refractivity contribution is -0.338. The molecular formula is C19H18N4O4. The molecule has 0 aromatic heterocycles. The van der Waals surface area contributed by atoms with Crippen LogP contribution in [-0.4, -0.2) is 25.9 Å². The Hall–Kier alpha value is -3.28. The Morgan fingerprint density at radius 3 is 2.30 bits per heavy atom. The topological polar surface area (TPSA) is 132 Å². The second kappa shape index (κ2) is 5.87. The maximum absolute atomic E-state index is 10.1. The monoisotopic (exact) mass is 366 g/mol. The molecule has 8 nitrogen and oxygen atoms in total. The first-order valence-corrected chi connectivity index (χ1v) is 8.22. The van der Waals surface area contributed by atoms with Crippen LogP contribution in [0.25, 0.3) is 0 Å². The lowest BCUT2D eigenvalue weighted by atomic mass is 9.51. The minimum atomic E-state index is -1.96. The van der Waals surface area contributed by atoms with Gasteiger partial charge in [0.25, 0.3) is 0 Å². The normalized spacial score (nSPS) is 33.1. The van der Waals surface area contributed by atoms with Gasteiger partial charge in [-0.2, -0.15) is 15.8 Å². The van der Waals surface area contributed by atoms with Gasteiger partial charge in [0.1, 0.15) is 6.10 Å². The molecule has 2 bridgehead atoms. The van der Waals surface area contributed by atoms with Gasteiger partial charge in [-0.15, -0.1) is 0 Å². The third-order valence-electron chi connectivity index (χ3n) is 5.71. The predicted octanol–water partition coefficient (Wildman–Crippen LogP) is 2.68. The molecule has 4 rings (SSSR count). The third kappa shape index (κ3) is 1.95. The van der Waals surface area contributed by atoms with Gasteiger partial charge in [-0.25, -0.2) is 0 Å². The SMILES string of the molecule is COc1cccc([C@H]2O[C@]3(C)OC(=N)[C@@]2(C#N)C(C#N)(C#N)[C@H]3C)c1OC. The average molecular weight is 366 g/mol. The van der Waals surface area contributed by atoms with E-state index in [-0.39, 0.29) is 0 Å². The van der Waals surface area contributed by atoms with Gasteiger partial charge in [0.05, 0.1) is 38.3 Å². The second-order valence-corrected chi connectivity index (χ2v) is 6.70. The molecule has 3 fully saturated rings. The number of ether oxygens (including phenoxy) is 4. The van der Waals surface area contributed by atoms with E-state index in [0.717, 1.165) is 0 Å². The summed E-state index contributed by atoms with van der Waals surface area (Å²) in [5.74, 6) is -1.96. The molecule has 3 heterocycles. The van der Waals surface area contributed by atoms with Crippen molar-refractivity contribution in [2.75, 3.05) is 14.2 Å². The first-order chi connectivity index (χ1) is 12.8. The van der Waals surface area contributed by atoms with Crippen LogP contribution in [0.2, 0.25) is 0 Å². The highest BCUT2D eigenvalue weighted by Gasteiger charge is 2.78. The molecule has 1 aromatic carbocycles. The molecule has 27 heavy (non-hydrogen) atoms. The molecule has 4 atom stereocenters. The Kier molecular flexibility index (Phi) is 4.03. The smallest absolute Gasteiger partial charge is 0.215 e. The molecule has 0 aliphatic carbocycles. The fraction of sp³-hybridized carbons (Fsp3) is 0.474. The molecule has 0 saturated carbocycles. The molecule has 8 heteroatoms. The zero-order chi connectivity index (χ0) is 20.0. The van der Waals surface area contributed by atoms with E-state index in [1.165, 1.54) is 14.2 Å². The number of para-hydroxylation sites is 1. The van der Waals surface area contributed by atoms with E-state index < -0.39 is 34.5 Å². The van der Waals surface area contributed by atoms with Crippen molar-refractivity contribution < 1.29 is 18.9 Å². The van der Waals surface area contributed by atoms with Crippen LogP contribution in [-0.2, 0) is 9.47 Å². The molecule has 3 saturated heterocycles. The van der Waals surface area contributed by atoms with Gasteiger partial charge in [-0.05, 0) is 6.07 Å². The Bertz CT molecular complexity index is 926. The first-order valence-electron chi connectivity index (χ1n) is 8.22. The van der Waals surface area contributed by atoms with Crippen LogP contribution in [0.15, 0.2) is 18.2 Å². The van der Waals surface area contributed by atoms with E-state index in [9.17, 15) is 15.8 Å². The summed E-state index contributed by atoms with van der Waals surface area (Å²) < 4.78 is 22.5. The molecule has 0 spiro atoms. The summed E-state index contributed by atoms with van der Waals surface area (Å²) in [4.78, 5) is 0. The zero-order valence-corrected chi connectivity index (χ0v) is 15.4. The molecule has 3 aliphatic heterocycles. The lowest BCUT2D eigenvalue weighted by Gasteiger charge is -2.60. The number of nitrogens with zero attached hydrogens (tertiary/aromatic N) is 3. The Morgan fingerprint density at radius 1 is 1.11 bits per heavy atom. The van der Waals surface area contributed by atoms with Crippen molar-refractivity contribution in [3.63, 3.8) is 0 Å². The largest absolute Gasteiger partial charge is 0.493 e. The standard InChI is InChI=1S/C19H18N4O4/c1-11-17(2)26-15(12-6-5-7-13(24-3)14(12)25-4)19(10-22,16(23)27-17)18(11,8-20)9-21/h5-7,11,15,23H,1-4H3/t11-,15+,17+,19-/m0/s1. The summed E-state index contributed by atoms with van der Waals surface area (Å²) in [5.41, 5.74) is -3.41. The van der Waals surface area contributed by atoms with Gasteiger partial charge in [0, 0.05) is 12.5 Å². The van der Waals surface area contributed by atoms with Gasteiger partial charge in [-0.1, -0.05) is 19.1 Å². The summed E-state index contributed by atoms with van der Waals surface area (Å²) in [6.45, 7) is 3.18. The van der Waals surface area contributed by atoms with Gasteiger partial charge in [0.2, 0.25) is 11.7 Å². The first kappa shape index (κ1) is 18.5. The van der Waals surface area contributed by atoms with Crippen molar-refractivity contribution in [3.05, 3.63) is 23.8 Å². The molecule has 1 aromatic rings.